The predicted octanol–water partition coefficient (Wildman–Crippen LogP) is 9.83. The number of carbonyl (C=O) groups is 3. The largest absolute Gasteiger partial charge is 0.372 e. The van der Waals surface area contributed by atoms with E-state index in [1.54, 1.807) is 9.80 Å². The number of nitrogens with zero attached hydrogens (tertiary/aromatic N) is 4. The summed E-state index contributed by atoms with van der Waals surface area (Å²) in [5, 5.41) is 12.5. The smallest absolute Gasteiger partial charge is 0.240 e. The minimum atomic E-state index is -1.14. The van der Waals surface area contributed by atoms with E-state index in [0.717, 1.165) is 69.9 Å². The van der Waals surface area contributed by atoms with Gasteiger partial charge in [-0.05, 0) is 118 Å². The van der Waals surface area contributed by atoms with Crippen LogP contribution >= 0.6 is 12.2 Å². The molecule has 0 radical (unpaired) electrons. The summed E-state index contributed by atoms with van der Waals surface area (Å²) in [6, 6.07) is 30.7. The average Bonchev–Trinajstić information content (AvgIpc) is 3.60. The Balaban J connectivity index is 1.20. The summed E-state index contributed by atoms with van der Waals surface area (Å²) >= 11 is 5.77. The second kappa shape index (κ2) is 16.9. The molecule has 0 spiro atoms. The van der Waals surface area contributed by atoms with Gasteiger partial charge in [0.15, 0.2) is 22.4 Å². The fourth-order valence-corrected chi connectivity index (χ4v) is 10.7. The van der Waals surface area contributed by atoms with Crippen LogP contribution in [0.25, 0.3) is 0 Å². The van der Waals surface area contributed by atoms with Crippen molar-refractivity contribution in [1.82, 2.24) is 9.80 Å². The van der Waals surface area contributed by atoms with Gasteiger partial charge < -0.3 is 14.9 Å². The van der Waals surface area contributed by atoms with Crippen molar-refractivity contribution < 1.29 is 24.1 Å². The third-order valence-corrected chi connectivity index (χ3v) is 14.2. The normalized spacial score (nSPS) is 21.9. The molecule has 3 heterocycles. The number of allylic oxidation sites excluding steroid dienone is 7. The fraction of sp³-hybridized carbons (Fsp3) is 0.315. The van der Waals surface area contributed by atoms with Crippen molar-refractivity contribution in [3.63, 3.8) is 0 Å². The molecule has 63 heavy (non-hydrogen) atoms. The Hall–Kier alpha value is -6.03. The molecule has 0 saturated carbocycles. The van der Waals surface area contributed by atoms with Crippen molar-refractivity contribution >= 4 is 51.9 Å². The van der Waals surface area contributed by atoms with Gasteiger partial charge in [-0.1, -0.05) is 86.7 Å². The van der Waals surface area contributed by atoms with Crippen LogP contribution in [0.4, 0.5) is 11.4 Å². The molecule has 4 aromatic carbocycles. The third-order valence-electron chi connectivity index (χ3n) is 13.7. The maximum atomic E-state index is 14.6. The van der Waals surface area contributed by atoms with Gasteiger partial charge in [0.25, 0.3) is 0 Å². The highest BCUT2D eigenvalue weighted by atomic mass is 32.1. The molecule has 1 fully saturated rings. The van der Waals surface area contributed by atoms with E-state index < -0.39 is 23.0 Å². The molecule has 8 nitrogen and oxygen atoms in total. The van der Waals surface area contributed by atoms with E-state index in [1.165, 1.54) is 0 Å². The highest BCUT2D eigenvalue weighted by Crippen LogP contribution is 2.48. The summed E-state index contributed by atoms with van der Waals surface area (Å²) in [4.78, 5) is 47.3. The summed E-state index contributed by atoms with van der Waals surface area (Å²) in [5.74, 6) is -1.08. The molecular weight excluding hydrogens is 801 g/mol. The van der Waals surface area contributed by atoms with Gasteiger partial charge >= 0.3 is 0 Å². The van der Waals surface area contributed by atoms with Gasteiger partial charge in [0.05, 0.1) is 5.41 Å². The van der Waals surface area contributed by atoms with Crippen LogP contribution in [-0.2, 0) is 15.6 Å². The zero-order valence-electron chi connectivity index (χ0n) is 37.6. The maximum Gasteiger partial charge on any atom is 0.240 e. The molecule has 9 heteroatoms. The van der Waals surface area contributed by atoms with E-state index in [2.05, 4.69) is 75.6 Å². The second-order valence-electron chi connectivity index (χ2n) is 18.0. The van der Waals surface area contributed by atoms with Crippen LogP contribution < -0.4 is 4.90 Å². The Kier molecular flexibility index (Phi) is 11.7. The molecule has 3 aliphatic heterocycles. The van der Waals surface area contributed by atoms with Crippen LogP contribution in [0.1, 0.15) is 104 Å². The Bertz CT molecular complexity index is 2710. The summed E-state index contributed by atoms with van der Waals surface area (Å²) in [6.07, 6.45) is 9.81. The minimum absolute atomic E-state index is 0.0106. The molecule has 1 aliphatic carbocycles. The number of fused-ring (bicyclic) bond motifs is 2. The molecule has 4 aromatic rings. The Morgan fingerprint density at radius 2 is 1.38 bits per heavy atom. The van der Waals surface area contributed by atoms with Crippen LogP contribution in [0.5, 0.6) is 0 Å². The summed E-state index contributed by atoms with van der Waals surface area (Å²) in [7, 11) is 4.12. The summed E-state index contributed by atoms with van der Waals surface area (Å²) < 4.78 is 2.19. The third kappa shape index (κ3) is 7.45. The van der Waals surface area contributed by atoms with E-state index in [-0.39, 0.29) is 17.5 Å². The fourth-order valence-electron chi connectivity index (χ4n) is 10.2. The number of thiocarbonyl (C=S) groups is 1. The number of hydrogen-bond acceptors (Lipinski definition) is 6. The Morgan fingerprint density at radius 3 is 1.98 bits per heavy atom. The molecule has 322 valence electrons. The molecule has 4 aliphatic rings. The van der Waals surface area contributed by atoms with Crippen LogP contribution in [0.3, 0.4) is 0 Å². The Morgan fingerprint density at radius 1 is 0.778 bits per heavy atom. The first-order valence-corrected chi connectivity index (χ1v) is 22.5. The molecule has 1 N–H and O–H groups in total. The number of aliphatic hydroxyl groups is 1. The molecule has 0 aromatic heterocycles. The van der Waals surface area contributed by atoms with Gasteiger partial charge in [-0.2, -0.15) is 4.58 Å². The molecule has 1 saturated heterocycles. The number of rotatable bonds is 10. The van der Waals surface area contributed by atoms with Gasteiger partial charge in [-0.25, -0.2) is 0 Å². The van der Waals surface area contributed by atoms with Crippen molar-refractivity contribution in [1.29, 1.82) is 0 Å². The molecule has 2 atom stereocenters. The number of amides is 1. The quantitative estimate of drug-likeness (QED) is 0.0967. The van der Waals surface area contributed by atoms with Crippen molar-refractivity contribution in [2.24, 2.45) is 5.92 Å². The molecule has 8 rings (SSSR count). The van der Waals surface area contributed by atoms with Crippen LogP contribution in [0, 0.1) is 5.92 Å². The predicted molar refractivity (Wildman–Crippen MR) is 256 cm³/mol. The number of likely N-dealkylation sites (N-methyl/N-ethyl adjacent to an activating group) is 1. The number of anilines is 1. The zero-order chi connectivity index (χ0) is 45.0. The van der Waals surface area contributed by atoms with E-state index in [9.17, 15) is 19.5 Å². The average molecular weight is 858 g/mol. The molecule has 0 bridgehead atoms. The van der Waals surface area contributed by atoms with Crippen LogP contribution in [0.15, 0.2) is 144 Å². The van der Waals surface area contributed by atoms with Gasteiger partial charge in [0.2, 0.25) is 11.6 Å². The van der Waals surface area contributed by atoms with Crippen molar-refractivity contribution in [2.45, 2.75) is 77.9 Å². The number of aliphatic hydroxyl groups excluding tert-OH is 1. The van der Waals surface area contributed by atoms with E-state index >= 15 is 0 Å². The highest BCUT2D eigenvalue weighted by Gasteiger charge is 2.47. The van der Waals surface area contributed by atoms with Gasteiger partial charge in [-0.3, -0.25) is 19.3 Å². The zero-order valence-corrected chi connectivity index (χ0v) is 38.4. The maximum absolute atomic E-state index is 14.6. The Labute approximate surface area is 377 Å². The van der Waals surface area contributed by atoms with Crippen molar-refractivity contribution in [3.05, 3.63) is 177 Å². The molecule has 2 unspecified atom stereocenters. The first kappa shape index (κ1) is 43.6. The monoisotopic (exact) mass is 857 g/mol. The SMILES string of the molecule is CCN1C(=O)C(C2=C(C=CC3=[N+](C)c4ccc(C(=O)c5ccccc5)cc4C3(C)C)CCCC2=CC=C2N(C)c3ccc(C(=O)c4ccccc4)cc3C2(C)C)C(O)N(CC)C1=S. The first-order valence-electron chi connectivity index (χ1n) is 22.1. The van der Waals surface area contributed by atoms with E-state index in [0.29, 0.717) is 40.5 Å². The lowest BCUT2D eigenvalue weighted by Crippen LogP contribution is -2.62. The van der Waals surface area contributed by atoms with E-state index in [1.807, 2.05) is 111 Å². The number of ketones is 2. The molecule has 1 amide bonds. The second-order valence-corrected chi connectivity index (χ2v) is 18.4. The molecular formula is C54H57N4O4S+. The lowest BCUT2D eigenvalue weighted by atomic mass is 9.76. The summed E-state index contributed by atoms with van der Waals surface area (Å²) in [5.41, 5.74) is 10.9. The number of hydrogen-bond donors (Lipinski definition) is 1. The van der Waals surface area contributed by atoms with Crippen LogP contribution in [0.2, 0.25) is 0 Å². The summed E-state index contributed by atoms with van der Waals surface area (Å²) in [6.45, 7) is 13.5. The van der Waals surface area contributed by atoms with Crippen molar-refractivity contribution in [2.75, 3.05) is 32.1 Å². The van der Waals surface area contributed by atoms with Crippen molar-refractivity contribution in [3.8, 4) is 0 Å². The van der Waals surface area contributed by atoms with Gasteiger partial charge in [0, 0.05) is 76.9 Å². The lowest BCUT2D eigenvalue weighted by molar-refractivity contribution is -0.401. The highest BCUT2D eigenvalue weighted by molar-refractivity contribution is 7.80. The van der Waals surface area contributed by atoms with Gasteiger partial charge in [-0.15, -0.1) is 0 Å². The topological polar surface area (TPSA) is 84.2 Å². The minimum Gasteiger partial charge on any atom is -0.372 e. The lowest BCUT2D eigenvalue weighted by Gasteiger charge is -2.45. The first-order chi connectivity index (χ1) is 30.1. The standard InChI is InChI=1S/C54H57N4O4S/c1-9-57-50(61)47(51(62)58(10-2)52(57)63)46-34(26-30-44-53(3,4)40-32-38(24-28-42(40)55(44)7)48(59)36-18-13-11-14-19-36)22-17-23-35(46)27-31-45-54(5,6)41-33-39(25-29-43(41)56(45)8)49(60)37-20-15-12-16-21-37/h11-16,18-21,24-33,47,50,61H,9-10,17,22-23H2,1-8H3/q+1. The van der Waals surface area contributed by atoms with Crippen LogP contribution in [-0.4, -0.2) is 81.2 Å². The number of carbonyl (C=O) groups excluding carboxylic acids is 3. The van der Waals surface area contributed by atoms with Gasteiger partial charge in [0.1, 0.15) is 19.2 Å². The number of benzene rings is 4. The van der Waals surface area contributed by atoms with E-state index in [4.69, 9.17) is 12.2 Å².